The number of carbonyl (C=O) groups is 2. The highest BCUT2D eigenvalue weighted by molar-refractivity contribution is 5.72. The van der Waals surface area contributed by atoms with Crippen LogP contribution in [-0.2, 0) is 14.3 Å². The Kier molecular flexibility index (Phi) is 23.9. The summed E-state index contributed by atoms with van der Waals surface area (Å²) in [6.07, 6.45) is -0.588. The maximum Gasteiger partial charge on any atom is 0.508 e. The first kappa shape index (κ1) is 19.3. The van der Waals surface area contributed by atoms with E-state index in [1.54, 1.807) is 20.9 Å². The van der Waals surface area contributed by atoms with Gasteiger partial charge in [0.05, 0.1) is 13.2 Å². The van der Waals surface area contributed by atoms with E-state index >= 15 is 0 Å². The standard InChI is InChI=1S/C5H10O3.C3H7NO.C2H6/c1-3-7-5(6)8-4-2;1-3(5)4-2;1-2/h3-4H2,1-2H3;1-2H3,(H,4,5);1-2H3. The summed E-state index contributed by atoms with van der Waals surface area (Å²) in [5, 5.41) is 2.39. The van der Waals surface area contributed by atoms with Crippen LogP contribution in [-0.4, -0.2) is 32.3 Å². The van der Waals surface area contributed by atoms with Gasteiger partial charge in [0.1, 0.15) is 0 Å². The third kappa shape index (κ3) is 32.3. The SMILES string of the molecule is CC.CCOC(=O)OCC.CNC(C)=O. The lowest BCUT2D eigenvalue weighted by molar-refractivity contribution is -0.118. The minimum atomic E-state index is -0.588. The number of amides is 1. The fourth-order valence-corrected chi connectivity index (χ4v) is 0.277. The predicted molar refractivity (Wildman–Crippen MR) is 59.7 cm³/mol. The average molecular weight is 221 g/mol. The second kappa shape index (κ2) is 18.5. The molecule has 1 N–H and O–H groups in total. The average Bonchev–Trinajstić information content (AvgIpc) is 2.22. The van der Waals surface area contributed by atoms with Gasteiger partial charge in [0.15, 0.2) is 0 Å². The number of carbonyl (C=O) groups excluding carboxylic acids is 2. The van der Waals surface area contributed by atoms with Gasteiger partial charge < -0.3 is 14.8 Å². The van der Waals surface area contributed by atoms with E-state index in [-0.39, 0.29) is 5.91 Å². The molecule has 0 aromatic carbocycles. The zero-order valence-corrected chi connectivity index (χ0v) is 10.5. The van der Waals surface area contributed by atoms with E-state index in [0.29, 0.717) is 13.2 Å². The molecule has 0 aliphatic heterocycles. The largest absolute Gasteiger partial charge is 0.508 e. The first-order chi connectivity index (χ1) is 7.08. The lowest BCUT2D eigenvalue weighted by Crippen LogP contribution is -2.11. The first-order valence-corrected chi connectivity index (χ1v) is 5.06. The molecule has 15 heavy (non-hydrogen) atoms. The Hall–Kier alpha value is -1.26. The maximum atomic E-state index is 10.2. The molecule has 5 nitrogen and oxygen atoms in total. The summed E-state index contributed by atoms with van der Waals surface area (Å²) in [4.78, 5) is 19.9. The van der Waals surface area contributed by atoms with Crippen LogP contribution >= 0.6 is 0 Å². The van der Waals surface area contributed by atoms with Gasteiger partial charge in [0.25, 0.3) is 0 Å². The van der Waals surface area contributed by atoms with Crippen LogP contribution in [0.2, 0.25) is 0 Å². The molecule has 0 aliphatic rings. The Bertz CT molecular complexity index is 140. The highest BCUT2D eigenvalue weighted by Crippen LogP contribution is 1.81. The Morgan fingerprint density at radius 1 is 1.07 bits per heavy atom. The van der Waals surface area contributed by atoms with Crippen LogP contribution in [0.4, 0.5) is 4.79 Å². The zero-order valence-electron chi connectivity index (χ0n) is 10.5. The topological polar surface area (TPSA) is 64.6 Å². The molecule has 0 saturated carbocycles. The van der Waals surface area contributed by atoms with E-state index in [4.69, 9.17) is 0 Å². The molecule has 5 heteroatoms. The molecule has 0 aromatic rings. The van der Waals surface area contributed by atoms with Gasteiger partial charge in [-0.3, -0.25) is 4.79 Å². The van der Waals surface area contributed by atoms with Crippen molar-refractivity contribution in [2.45, 2.75) is 34.6 Å². The molecule has 1 amide bonds. The number of hydrogen-bond acceptors (Lipinski definition) is 4. The van der Waals surface area contributed by atoms with Crippen molar-refractivity contribution in [2.24, 2.45) is 0 Å². The molecule has 0 fully saturated rings. The molecule has 0 aromatic heterocycles. The molecular weight excluding hydrogens is 198 g/mol. The van der Waals surface area contributed by atoms with Gasteiger partial charge in [-0.15, -0.1) is 0 Å². The van der Waals surface area contributed by atoms with Crippen molar-refractivity contribution in [3.63, 3.8) is 0 Å². The Morgan fingerprint density at radius 2 is 1.33 bits per heavy atom. The minimum Gasteiger partial charge on any atom is -0.435 e. The highest BCUT2D eigenvalue weighted by atomic mass is 16.7. The summed E-state index contributed by atoms with van der Waals surface area (Å²) in [7, 11) is 1.60. The second-order valence-electron chi connectivity index (χ2n) is 1.92. The molecular formula is C10H23NO4. The Labute approximate surface area is 92.1 Å². The van der Waals surface area contributed by atoms with E-state index in [9.17, 15) is 9.59 Å². The molecule has 0 rings (SSSR count). The maximum absolute atomic E-state index is 10.2. The van der Waals surface area contributed by atoms with Gasteiger partial charge in [-0.05, 0) is 13.8 Å². The quantitative estimate of drug-likeness (QED) is 0.724. The Morgan fingerprint density at radius 3 is 1.47 bits per heavy atom. The number of rotatable bonds is 2. The van der Waals surface area contributed by atoms with Crippen molar-refractivity contribution in [3.05, 3.63) is 0 Å². The fraction of sp³-hybridized carbons (Fsp3) is 0.800. The van der Waals surface area contributed by atoms with Gasteiger partial charge in [0.2, 0.25) is 5.91 Å². The van der Waals surface area contributed by atoms with Crippen molar-refractivity contribution < 1.29 is 19.1 Å². The van der Waals surface area contributed by atoms with E-state index in [1.165, 1.54) is 6.92 Å². The van der Waals surface area contributed by atoms with Gasteiger partial charge in [-0.1, -0.05) is 13.8 Å². The summed E-state index contributed by atoms with van der Waals surface area (Å²) in [5.74, 6) is 0.00463. The molecule has 0 unspecified atom stereocenters. The van der Waals surface area contributed by atoms with Crippen molar-refractivity contribution in [1.29, 1.82) is 0 Å². The van der Waals surface area contributed by atoms with E-state index in [0.717, 1.165) is 0 Å². The van der Waals surface area contributed by atoms with Crippen LogP contribution in [0.15, 0.2) is 0 Å². The van der Waals surface area contributed by atoms with Crippen molar-refractivity contribution in [1.82, 2.24) is 5.32 Å². The second-order valence-corrected chi connectivity index (χ2v) is 1.92. The molecule has 0 atom stereocenters. The van der Waals surface area contributed by atoms with Crippen LogP contribution in [0.3, 0.4) is 0 Å². The number of nitrogens with one attached hydrogen (secondary N) is 1. The lowest BCUT2D eigenvalue weighted by Gasteiger charge is -1.98. The smallest absolute Gasteiger partial charge is 0.435 e. The van der Waals surface area contributed by atoms with Crippen molar-refractivity contribution >= 4 is 12.1 Å². The summed E-state index contributed by atoms with van der Waals surface area (Å²) in [5.41, 5.74) is 0. The van der Waals surface area contributed by atoms with Crippen LogP contribution in [0.5, 0.6) is 0 Å². The first-order valence-electron chi connectivity index (χ1n) is 5.06. The van der Waals surface area contributed by atoms with Gasteiger partial charge >= 0.3 is 6.16 Å². The summed E-state index contributed by atoms with van der Waals surface area (Å²) >= 11 is 0. The van der Waals surface area contributed by atoms with E-state index in [2.05, 4.69) is 14.8 Å². The van der Waals surface area contributed by atoms with Crippen molar-refractivity contribution in [2.75, 3.05) is 20.3 Å². The molecule has 0 bridgehead atoms. The van der Waals surface area contributed by atoms with Gasteiger partial charge in [-0.25, -0.2) is 4.79 Å². The Balaban J connectivity index is -0.000000177. The molecule has 92 valence electrons. The van der Waals surface area contributed by atoms with Gasteiger partial charge in [0, 0.05) is 14.0 Å². The molecule has 0 heterocycles. The summed E-state index contributed by atoms with van der Waals surface area (Å²) in [6, 6.07) is 0. The van der Waals surface area contributed by atoms with Crippen LogP contribution in [0, 0.1) is 0 Å². The summed E-state index contributed by atoms with van der Waals surface area (Å²) < 4.78 is 8.84. The predicted octanol–water partition coefficient (Wildman–Crippen LogP) is 1.96. The molecule has 0 spiro atoms. The third-order valence-corrected chi connectivity index (χ3v) is 0.876. The molecule has 0 radical (unpaired) electrons. The van der Waals surface area contributed by atoms with Crippen molar-refractivity contribution in [3.8, 4) is 0 Å². The molecule has 0 saturated heterocycles. The third-order valence-electron chi connectivity index (χ3n) is 0.876. The number of ether oxygens (including phenoxy) is 2. The summed E-state index contributed by atoms with van der Waals surface area (Å²) in [6.45, 7) is 9.69. The van der Waals surface area contributed by atoms with E-state index in [1.807, 2.05) is 13.8 Å². The minimum absolute atomic E-state index is 0.00463. The molecule has 0 aliphatic carbocycles. The monoisotopic (exact) mass is 221 g/mol. The van der Waals surface area contributed by atoms with Gasteiger partial charge in [-0.2, -0.15) is 0 Å². The van der Waals surface area contributed by atoms with Crippen LogP contribution in [0.1, 0.15) is 34.6 Å². The zero-order chi connectivity index (χ0) is 12.7. The van der Waals surface area contributed by atoms with Crippen LogP contribution in [0.25, 0.3) is 0 Å². The lowest BCUT2D eigenvalue weighted by atomic mass is 10.7. The highest BCUT2D eigenvalue weighted by Gasteiger charge is 1.96. The van der Waals surface area contributed by atoms with E-state index < -0.39 is 6.16 Å². The normalized spacial score (nSPS) is 7.07. The fourth-order valence-electron chi connectivity index (χ4n) is 0.277. The van der Waals surface area contributed by atoms with Crippen LogP contribution < -0.4 is 5.32 Å². The number of hydrogen-bond donors (Lipinski definition) is 1.